The van der Waals surface area contributed by atoms with Crippen molar-refractivity contribution in [3.05, 3.63) is 36.4 Å². The summed E-state index contributed by atoms with van der Waals surface area (Å²) in [6, 6.07) is 6.94. The number of anilines is 1. The first kappa shape index (κ1) is 12.9. The van der Waals surface area contributed by atoms with Gasteiger partial charge in [0.15, 0.2) is 19.0 Å². The summed E-state index contributed by atoms with van der Waals surface area (Å²) in [4.78, 5) is 15.4. The lowest BCUT2D eigenvalue weighted by molar-refractivity contribution is -0.147. The quantitative estimate of drug-likeness (QED) is 0.623. The third-order valence-corrected chi connectivity index (χ3v) is 2.43. The molecule has 7 nitrogen and oxygen atoms in total. The second kappa shape index (κ2) is 5.85. The fourth-order valence-electron chi connectivity index (χ4n) is 1.39. The molecular weight excluding hydrogens is 248 g/mol. The molecule has 0 spiro atoms. The molecule has 2 rings (SSSR count). The molecule has 19 heavy (non-hydrogen) atoms. The molecule has 0 aliphatic heterocycles. The van der Waals surface area contributed by atoms with E-state index in [0.29, 0.717) is 17.3 Å². The zero-order valence-corrected chi connectivity index (χ0v) is 10.4. The van der Waals surface area contributed by atoms with Crippen LogP contribution in [0.2, 0.25) is 0 Å². The van der Waals surface area contributed by atoms with Gasteiger partial charge >= 0.3 is 5.97 Å². The molecule has 0 fully saturated rings. The number of aryl methyl sites for hydroxylation is 1. The molecule has 1 heterocycles. The Balaban J connectivity index is 1.79. The number of rotatable bonds is 5. The standard InChI is InChI=1S/C12H14N4O3/c1-16-11(14-8-15-16)6-19-12(17)7-18-10-5-3-2-4-9(10)13/h2-5,8H,6-7,13H2,1H3. The lowest BCUT2D eigenvalue weighted by Gasteiger charge is -2.08. The molecule has 0 saturated carbocycles. The molecule has 2 N–H and O–H groups in total. The predicted octanol–water partition coefficient (Wildman–Crippen LogP) is 0.519. The summed E-state index contributed by atoms with van der Waals surface area (Å²) in [6.07, 6.45) is 1.39. The number of carbonyl (C=O) groups is 1. The van der Waals surface area contributed by atoms with E-state index >= 15 is 0 Å². The monoisotopic (exact) mass is 262 g/mol. The molecule has 0 saturated heterocycles. The molecule has 0 atom stereocenters. The van der Waals surface area contributed by atoms with Crippen LogP contribution in [0.1, 0.15) is 5.82 Å². The summed E-state index contributed by atoms with van der Waals surface area (Å²) >= 11 is 0. The maximum Gasteiger partial charge on any atom is 0.344 e. The van der Waals surface area contributed by atoms with Gasteiger partial charge in [0.2, 0.25) is 0 Å². The average molecular weight is 262 g/mol. The van der Waals surface area contributed by atoms with E-state index in [9.17, 15) is 4.79 Å². The van der Waals surface area contributed by atoms with Crippen LogP contribution in [0.5, 0.6) is 5.75 Å². The lowest BCUT2D eigenvalue weighted by Crippen LogP contribution is -2.16. The van der Waals surface area contributed by atoms with Gasteiger partial charge < -0.3 is 15.2 Å². The minimum atomic E-state index is -0.494. The van der Waals surface area contributed by atoms with Crippen LogP contribution in [0.15, 0.2) is 30.6 Å². The highest BCUT2D eigenvalue weighted by atomic mass is 16.6. The number of nitrogens with zero attached hydrogens (tertiary/aromatic N) is 3. The van der Waals surface area contributed by atoms with Crippen molar-refractivity contribution in [2.45, 2.75) is 6.61 Å². The molecule has 2 aromatic rings. The zero-order chi connectivity index (χ0) is 13.7. The number of nitrogens with two attached hydrogens (primary N) is 1. The number of para-hydroxylation sites is 2. The number of hydrogen-bond acceptors (Lipinski definition) is 6. The Bertz CT molecular complexity index is 568. The smallest absolute Gasteiger partial charge is 0.344 e. The Morgan fingerprint density at radius 2 is 2.21 bits per heavy atom. The van der Waals surface area contributed by atoms with Gasteiger partial charge in [-0.15, -0.1) is 0 Å². The van der Waals surface area contributed by atoms with Gasteiger partial charge in [0.1, 0.15) is 12.1 Å². The number of esters is 1. The number of nitrogen functional groups attached to an aromatic ring is 1. The average Bonchev–Trinajstić information content (AvgIpc) is 2.81. The number of aromatic nitrogens is 3. The van der Waals surface area contributed by atoms with Crippen LogP contribution in [0.4, 0.5) is 5.69 Å². The second-order valence-electron chi connectivity index (χ2n) is 3.79. The first-order valence-electron chi connectivity index (χ1n) is 5.62. The molecule has 0 unspecified atom stereocenters. The highest BCUT2D eigenvalue weighted by molar-refractivity contribution is 5.71. The molecule has 0 amide bonds. The van der Waals surface area contributed by atoms with E-state index in [2.05, 4.69) is 10.1 Å². The number of ether oxygens (including phenoxy) is 2. The van der Waals surface area contributed by atoms with Crippen LogP contribution in [0.3, 0.4) is 0 Å². The van der Waals surface area contributed by atoms with E-state index in [0.717, 1.165) is 0 Å². The molecule has 7 heteroatoms. The van der Waals surface area contributed by atoms with Gasteiger partial charge in [-0.1, -0.05) is 12.1 Å². The van der Waals surface area contributed by atoms with E-state index in [1.807, 2.05) is 0 Å². The highest BCUT2D eigenvalue weighted by Gasteiger charge is 2.08. The van der Waals surface area contributed by atoms with Gasteiger partial charge in [-0.2, -0.15) is 5.10 Å². The molecule has 1 aromatic heterocycles. The first-order valence-corrected chi connectivity index (χ1v) is 5.62. The van der Waals surface area contributed by atoms with Crippen molar-refractivity contribution < 1.29 is 14.3 Å². The van der Waals surface area contributed by atoms with Crippen LogP contribution in [-0.4, -0.2) is 27.3 Å². The van der Waals surface area contributed by atoms with Crippen molar-refractivity contribution in [3.63, 3.8) is 0 Å². The molecule has 1 aromatic carbocycles. The number of hydrogen-bond donors (Lipinski definition) is 1. The Kier molecular flexibility index (Phi) is 3.97. The van der Waals surface area contributed by atoms with Gasteiger partial charge in [0, 0.05) is 7.05 Å². The van der Waals surface area contributed by atoms with Crippen LogP contribution in [0, 0.1) is 0 Å². The maximum absolute atomic E-state index is 11.5. The fourth-order valence-corrected chi connectivity index (χ4v) is 1.39. The summed E-state index contributed by atoms with van der Waals surface area (Å²) in [5.74, 6) is 0.525. The van der Waals surface area contributed by atoms with E-state index < -0.39 is 5.97 Å². The van der Waals surface area contributed by atoms with Gasteiger partial charge in [0.25, 0.3) is 0 Å². The fraction of sp³-hybridized carbons (Fsp3) is 0.250. The van der Waals surface area contributed by atoms with Crippen molar-refractivity contribution in [3.8, 4) is 5.75 Å². The van der Waals surface area contributed by atoms with Crippen LogP contribution in [0.25, 0.3) is 0 Å². The molecule has 0 aliphatic carbocycles. The summed E-state index contributed by atoms with van der Waals surface area (Å²) in [5.41, 5.74) is 6.15. The maximum atomic E-state index is 11.5. The van der Waals surface area contributed by atoms with Gasteiger partial charge in [-0.25, -0.2) is 9.78 Å². The topological polar surface area (TPSA) is 92.3 Å². The van der Waals surface area contributed by atoms with Gasteiger partial charge in [-0.3, -0.25) is 4.68 Å². The van der Waals surface area contributed by atoms with E-state index in [1.165, 1.54) is 11.0 Å². The second-order valence-corrected chi connectivity index (χ2v) is 3.79. The number of benzene rings is 1. The lowest BCUT2D eigenvalue weighted by atomic mass is 10.3. The Labute approximate surface area is 110 Å². The Morgan fingerprint density at radius 1 is 1.42 bits per heavy atom. The van der Waals surface area contributed by atoms with E-state index in [1.54, 1.807) is 31.3 Å². The normalized spacial score (nSPS) is 10.2. The summed E-state index contributed by atoms with van der Waals surface area (Å²) < 4.78 is 11.8. The SMILES string of the molecule is Cn1ncnc1COC(=O)COc1ccccc1N. The van der Waals surface area contributed by atoms with Crippen molar-refractivity contribution in [2.75, 3.05) is 12.3 Å². The molecular formula is C12H14N4O3. The van der Waals surface area contributed by atoms with Crippen molar-refractivity contribution >= 4 is 11.7 Å². The van der Waals surface area contributed by atoms with Crippen LogP contribution < -0.4 is 10.5 Å². The van der Waals surface area contributed by atoms with Crippen molar-refractivity contribution in [1.29, 1.82) is 0 Å². The van der Waals surface area contributed by atoms with Crippen LogP contribution >= 0.6 is 0 Å². The van der Waals surface area contributed by atoms with E-state index in [-0.39, 0.29) is 13.2 Å². The number of carbonyl (C=O) groups excluding carboxylic acids is 1. The molecule has 0 radical (unpaired) electrons. The summed E-state index contributed by atoms with van der Waals surface area (Å²) in [7, 11) is 1.72. The third-order valence-electron chi connectivity index (χ3n) is 2.43. The van der Waals surface area contributed by atoms with Crippen LogP contribution in [-0.2, 0) is 23.2 Å². The van der Waals surface area contributed by atoms with Crippen molar-refractivity contribution in [2.24, 2.45) is 7.05 Å². The third kappa shape index (κ3) is 3.44. The molecule has 100 valence electrons. The predicted molar refractivity (Wildman–Crippen MR) is 67.1 cm³/mol. The Hall–Kier alpha value is -2.57. The highest BCUT2D eigenvalue weighted by Crippen LogP contribution is 2.19. The van der Waals surface area contributed by atoms with E-state index in [4.69, 9.17) is 15.2 Å². The molecule has 0 bridgehead atoms. The summed E-state index contributed by atoms with van der Waals surface area (Å²) in [6.45, 7) is -0.144. The minimum Gasteiger partial charge on any atom is -0.480 e. The molecule has 0 aliphatic rings. The van der Waals surface area contributed by atoms with Gasteiger partial charge in [0.05, 0.1) is 5.69 Å². The largest absolute Gasteiger partial charge is 0.480 e. The minimum absolute atomic E-state index is 0.0585. The van der Waals surface area contributed by atoms with Gasteiger partial charge in [-0.05, 0) is 12.1 Å². The Morgan fingerprint density at radius 3 is 2.89 bits per heavy atom. The summed E-state index contributed by atoms with van der Waals surface area (Å²) in [5, 5.41) is 3.87. The zero-order valence-electron chi connectivity index (χ0n) is 10.4. The van der Waals surface area contributed by atoms with Crippen molar-refractivity contribution in [1.82, 2.24) is 14.8 Å². The first-order chi connectivity index (χ1) is 9.16.